The summed E-state index contributed by atoms with van der Waals surface area (Å²) in [6, 6.07) is 3.92. The first kappa shape index (κ1) is 21.4. The number of aliphatic carboxylic acids is 1. The predicted molar refractivity (Wildman–Crippen MR) is 86.3 cm³/mol. The van der Waals surface area contributed by atoms with Crippen LogP contribution >= 0.6 is 11.6 Å². The van der Waals surface area contributed by atoms with Gasteiger partial charge in [-0.05, 0) is 32.9 Å². The van der Waals surface area contributed by atoms with Gasteiger partial charge in [0.1, 0.15) is 5.60 Å². The normalized spacial score (nSPS) is 10.2. The van der Waals surface area contributed by atoms with E-state index in [0.717, 1.165) is 6.07 Å². The number of halogens is 1. The number of carbonyl (C=O) groups excluding carboxylic acids is 1. The maximum absolute atomic E-state index is 10.6. The lowest BCUT2D eigenvalue weighted by molar-refractivity contribution is -0.385. The van der Waals surface area contributed by atoms with Gasteiger partial charge in [0.25, 0.3) is 0 Å². The Hall–Kier alpha value is -2.55. The first-order valence-corrected chi connectivity index (χ1v) is 7.07. The molecule has 0 fully saturated rings. The molecule has 10 heteroatoms. The van der Waals surface area contributed by atoms with E-state index >= 15 is 0 Å². The van der Waals surface area contributed by atoms with Crippen LogP contribution in [0.1, 0.15) is 27.2 Å². The molecule has 0 aliphatic rings. The average Bonchev–Trinajstić information content (AvgIpc) is 2.37. The fraction of sp³-hybridized carbons (Fsp3) is 0.429. The molecule has 1 rings (SSSR count). The van der Waals surface area contributed by atoms with Crippen LogP contribution in [0.4, 0.5) is 10.5 Å². The van der Waals surface area contributed by atoms with Gasteiger partial charge in [-0.25, -0.2) is 4.79 Å². The standard InChI is InChI=1S/C9H8ClNO5.C5H11NO2/c10-6-1-2-8(7(5-6)11(14)15)16-4-3-9(12)13;1-5(2,3)8-4(6)7/h1-2,5H,3-4H2,(H,12,13);1-3H3,(H2,6,7). The van der Waals surface area contributed by atoms with E-state index in [1.165, 1.54) is 12.1 Å². The van der Waals surface area contributed by atoms with E-state index in [2.05, 4.69) is 4.74 Å². The third-order valence-corrected chi connectivity index (χ3v) is 2.33. The third-order valence-electron chi connectivity index (χ3n) is 2.10. The van der Waals surface area contributed by atoms with Gasteiger partial charge in [-0.15, -0.1) is 0 Å². The summed E-state index contributed by atoms with van der Waals surface area (Å²) in [6.45, 7) is 5.16. The molecule has 0 saturated carbocycles. The number of hydrogen-bond donors (Lipinski definition) is 2. The number of nitro groups is 1. The number of carboxylic acids is 1. The number of nitrogens with two attached hydrogens (primary N) is 1. The Morgan fingerprint density at radius 3 is 2.33 bits per heavy atom. The van der Waals surface area contributed by atoms with Gasteiger partial charge in [-0.3, -0.25) is 14.9 Å². The third kappa shape index (κ3) is 10.2. The molecule has 0 heterocycles. The average molecular weight is 363 g/mol. The highest BCUT2D eigenvalue weighted by Gasteiger charge is 2.15. The summed E-state index contributed by atoms with van der Waals surface area (Å²) >= 11 is 5.59. The lowest BCUT2D eigenvalue weighted by Crippen LogP contribution is -2.27. The molecule has 3 N–H and O–H groups in total. The number of rotatable bonds is 5. The van der Waals surface area contributed by atoms with Gasteiger partial charge in [0.05, 0.1) is 18.0 Å². The summed E-state index contributed by atoms with van der Waals surface area (Å²) in [6.07, 6.45) is -0.947. The van der Waals surface area contributed by atoms with Gasteiger partial charge < -0.3 is 20.3 Å². The summed E-state index contributed by atoms with van der Waals surface area (Å²) in [7, 11) is 0. The number of benzene rings is 1. The molecule has 134 valence electrons. The van der Waals surface area contributed by atoms with Gasteiger partial charge in [0.15, 0.2) is 5.75 Å². The van der Waals surface area contributed by atoms with Crippen molar-refractivity contribution in [3.8, 4) is 5.75 Å². The number of nitrogens with zero attached hydrogens (tertiary/aromatic N) is 1. The molecular formula is C14H19ClN2O7. The molecule has 1 aromatic rings. The molecular weight excluding hydrogens is 344 g/mol. The Balaban J connectivity index is 0.000000561. The monoisotopic (exact) mass is 362 g/mol. The Morgan fingerprint density at radius 1 is 1.38 bits per heavy atom. The molecule has 0 aliphatic heterocycles. The molecule has 0 unspecified atom stereocenters. The van der Waals surface area contributed by atoms with Crippen LogP contribution in [0.5, 0.6) is 5.75 Å². The molecule has 0 spiro atoms. The lowest BCUT2D eigenvalue weighted by atomic mass is 10.2. The van der Waals surface area contributed by atoms with E-state index < -0.39 is 22.6 Å². The van der Waals surface area contributed by atoms with Crippen LogP contribution in [0.25, 0.3) is 0 Å². The lowest BCUT2D eigenvalue weighted by Gasteiger charge is -2.16. The molecule has 0 aromatic heterocycles. The number of carbonyl (C=O) groups is 2. The second-order valence-corrected chi connectivity index (χ2v) is 5.83. The Kier molecular flexibility index (Phi) is 8.54. The van der Waals surface area contributed by atoms with E-state index in [1.54, 1.807) is 20.8 Å². The quantitative estimate of drug-likeness (QED) is 0.605. The van der Waals surface area contributed by atoms with Crippen LogP contribution in [-0.4, -0.2) is 34.3 Å². The van der Waals surface area contributed by atoms with Gasteiger partial charge in [0.2, 0.25) is 0 Å². The summed E-state index contributed by atoms with van der Waals surface area (Å²) in [5.74, 6) is -1.02. The maximum atomic E-state index is 10.6. The largest absolute Gasteiger partial charge is 0.486 e. The van der Waals surface area contributed by atoms with Crippen LogP contribution in [0.3, 0.4) is 0 Å². The second-order valence-electron chi connectivity index (χ2n) is 5.39. The first-order valence-electron chi connectivity index (χ1n) is 6.69. The van der Waals surface area contributed by atoms with Gasteiger partial charge >= 0.3 is 17.7 Å². The summed E-state index contributed by atoms with van der Waals surface area (Å²) in [5, 5.41) is 19.2. The minimum absolute atomic E-state index is 0.00986. The first-order chi connectivity index (χ1) is 10.9. The number of hydrogen-bond acceptors (Lipinski definition) is 6. The molecule has 0 aliphatic carbocycles. The van der Waals surface area contributed by atoms with Crippen molar-refractivity contribution >= 4 is 29.4 Å². The highest BCUT2D eigenvalue weighted by molar-refractivity contribution is 6.30. The second kappa shape index (κ2) is 9.56. The Morgan fingerprint density at radius 2 is 1.96 bits per heavy atom. The summed E-state index contributed by atoms with van der Waals surface area (Å²) in [4.78, 5) is 30.2. The molecule has 0 bridgehead atoms. The minimum Gasteiger partial charge on any atom is -0.486 e. The zero-order valence-corrected chi connectivity index (χ0v) is 14.2. The van der Waals surface area contributed by atoms with Crippen LogP contribution < -0.4 is 10.5 Å². The number of carboxylic acid groups (broad SMARTS) is 1. The molecule has 0 atom stereocenters. The highest BCUT2D eigenvalue weighted by Crippen LogP contribution is 2.29. The van der Waals surface area contributed by atoms with Crippen molar-refractivity contribution < 1.29 is 29.1 Å². The fourth-order valence-corrected chi connectivity index (χ4v) is 1.47. The van der Waals surface area contributed by atoms with E-state index in [1.807, 2.05) is 0 Å². The Labute approximate surface area is 143 Å². The van der Waals surface area contributed by atoms with Crippen molar-refractivity contribution in [1.29, 1.82) is 0 Å². The molecule has 1 amide bonds. The number of ether oxygens (including phenoxy) is 2. The molecule has 1 aromatic carbocycles. The van der Waals surface area contributed by atoms with Crippen molar-refractivity contribution in [3.05, 3.63) is 33.3 Å². The molecule has 0 radical (unpaired) electrons. The van der Waals surface area contributed by atoms with E-state index in [9.17, 15) is 19.7 Å². The number of amides is 1. The van der Waals surface area contributed by atoms with Gasteiger partial charge in [-0.1, -0.05) is 11.6 Å². The van der Waals surface area contributed by atoms with E-state index in [0.29, 0.717) is 0 Å². The zero-order valence-electron chi connectivity index (χ0n) is 13.4. The van der Waals surface area contributed by atoms with Gasteiger partial charge in [-0.2, -0.15) is 0 Å². The van der Waals surface area contributed by atoms with Crippen LogP contribution in [-0.2, 0) is 9.53 Å². The smallest absolute Gasteiger partial charge is 0.405 e. The van der Waals surface area contributed by atoms with Crippen molar-refractivity contribution in [1.82, 2.24) is 0 Å². The molecule has 9 nitrogen and oxygen atoms in total. The number of primary amides is 1. The van der Waals surface area contributed by atoms with E-state index in [4.69, 9.17) is 27.2 Å². The van der Waals surface area contributed by atoms with Crippen LogP contribution in [0.15, 0.2) is 18.2 Å². The van der Waals surface area contributed by atoms with Crippen molar-refractivity contribution in [2.75, 3.05) is 6.61 Å². The summed E-state index contributed by atoms with van der Waals surface area (Å²) in [5.41, 5.74) is 3.99. The molecule has 0 saturated heterocycles. The van der Waals surface area contributed by atoms with Crippen molar-refractivity contribution in [2.24, 2.45) is 5.73 Å². The van der Waals surface area contributed by atoms with Crippen LogP contribution in [0, 0.1) is 10.1 Å². The van der Waals surface area contributed by atoms with Crippen molar-refractivity contribution in [3.63, 3.8) is 0 Å². The van der Waals surface area contributed by atoms with Gasteiger partial charge in [0, 0.05) is 11.1 Å². The molecule has 24 heavy (non-hydrogen) atoms. The topological polar surface area (TPSA) is 142 Å². The minimum atomic E-state index is -1.03. The maximum Gasteiger partial charge on any atom is 0.405 e. The SMILES string of the molecule is CC(C)(C)OC(N)=O.O=C(O)CCOc1ccc(Cl)cc1[N+](=O)[O-]. The summed E-state index contributed by atoms with van der Waals surface area (Å²) < 4.78 is 9.56. The van der Waals surface area contributed by atoms with Crippen LogP contribution in [0.2, 0.25) is 5.02 Å². The van der Waals surface area contributed by atoms with E-state index in [-0.39, 0.29) is 29.5 Å². The fourth-order valence-electron chi connectivity index (χ4n) is 1.31. The Bertz CT molecular complexity index is 599. The van der Waals surface area contributed by atoms with Crippen molar-refractivity contribution in [2.45, 2.75) is 32.8 Å². The zero-order chi connectivity index (χ0) is 18.9. The number of nitro benzene ring substituents is 1. The predicted octanol–water partition coefficient (Wildman–Crippen LogP) is 2.98. The highest BCUT2D eigenvalue weighted by atomic mass is 35.5.